The van der Waals surface area contributed by atoms with Crippen LogP contribution >= 0.6 is 0 Å². The number of rotatable bonds is 6. The molecule has 0 radical (unpaired) electrons. The van der Waals surface area contributed by atoms with Crippen LogP contribution in [0.1, 0.15) is 17.0 Å². The third kappa shape index (κ3) is 3.68. The van der Waals surface area contributed by atoms with Gasteiger partial charge in [-0.25, -0.2) is 9.97 Å². The molecule has 5 nitrogen and oxygen atoms in total. The van der Waals surface area contributed by atoms with Crippen LogP contribution < -0.4 is 10.6 Å². The van der Waals surface area contributed by atoms with Crippen LogP contribution in [0.25, 0.3) is 0 Å². The Hall–Kier alpha value is -2.14. The van der Waals surface area contributed by atoms with Gasteiger partial charge in [-0.15, -0.1) is 0 Å². The molecule has 5 heteroatoms. The molecule has 0 saturated heterocycles. The van der Waals surface area contributed by atoms with Crippen LogP contribution in [-0.4, -0.2) is 24.1 Å². The van der Waals surface area contributed by atoms with Crippen molar-refractivity contribution in [2.45, 2.75) is 20.1 Å². The fraction of sp³-hybridized carbons (Fsp3) is 0.333. The third-order valence-electron chi connectivity index (χ3n) is 3.02. The molecule has 2 N–H and O–H groups in total. The third-order valence-corrected chi connectivity index (χ3v) is 3.02. The highest BCUT2D eigenvalue weighted by Gasteiger charge is 2.04. The fourth-order valence-corrected chi connectivity index (χ4v) is 1.90. The predicted octanol–water partition coefficient (Wildman–Crippen LogP) is 2.59. The average molecular weight is 272 g/mol. The topological polar surface area (TPSA) is 59.1 Å². The number of aromatic nitrogens is 2. The Balaban J connectivity index is 2.12. The van der Waals surface area contributed by atoms with E-state index in [1.807, 2.05) is 25.2 Å². The molecule has 0 atom stereocenters. The van der Waals surface area contributed by atoms with E-state index in [-0.39, 0.29) is 0 Å². The first-order chi connectivity index (χ1) is 9.72. The number of aryl methyl sites for hydroxylation is 1. The summed E-state index contributed by atoms with van der Waals surface area (Å²) in [6.45, 7) is 3.24. The van der Waals surface area contributed by atoms with Gasteiger partial charge in [0.1, 0.15) is 18.2 Å². The van der Waals surface area contributed by atoms with Crippen LogP contribution in [0.5, 0.6) is 0 Å². The van der Waals surface area contributed by atoms with E-state index in [1.54, 1.807) is 7.11 Å². The van der Waals surface area contributed by atoms with Gasteiger partial charge in [0, 0.05) is 26.8 Å². The van der Waals surface area contributed by atoms with Gasteiger partial charge in [0.2, 0.25) is 0 Å². The summed E-state index contributed by atoms with van der Waals surface area (Å²) in [7, 11) is 3.47. The zero-order chi connectivity index (χ0) is 14.4. The fourth-order valence-electron chi connectivity index (χ4n) is 1.90. The molecule has 106 valence electrons. The van der Waals surface area contributed by atoms with Gasteiger partial charge in [-0.2, -0.15) is 0 Å². The number of hydrogen-bond acceptors (Lipinski definition) is 5. The van der Waals surface area contributed by atoms with Gasteiger partial charge in [0.15, 0.2) is 5.82 Å². The van der Waals surface area contributed by atoms with E-state index in [2.05, 4.69) is 39.7 Å². The molecular weight excluding hydrogens is 252 g/mol. The second-order valence-corrected chi connectivity index (χ2v) is 4.52. The van der Waals surface area contributed by atoms with Gasteiger partial charge in [0.25, 0.3) is 0 Å². The maximum absolute atomic E-state index is 5.08. The van der Waals surface area contributed by atoms with Gasteiger partial charge in [-0.05, 0) is 18.1 Å². The largest absolute Gasteiger partial charge is 0.377 e. The highest BCUT2D eigenvalue weighted by atomic mass is 16.5. The van der Waals surface area contributed by atoms with E-state index in [0.717, 1.165) is 18.2 Å². The van der Waals surface area contributed by atoms with Gasteiger partial charge in [0.05, 0.1) is 0 Å². The minimum Gasteiger partial charge on any atom is -0.377 e. The lowest BCUT2D eigenvalue weighted by molar-refractivity contribution is 0.178. The van der Waals surface area contributed by atoms with E-state index in [1.165, 1.54) is 11.1 Å². The van der Waals surface area contributed by atoms with Gasteiger partial charge in [-0.1, -0.05) is 24.3 Å². The molecule has 0 bridgehead atoms. The summed E-state index contributed by atoms with van der Waals surface area (Å²) in [5.74, 6) is 2.23. The Kier molecular flexibility index (Phi) is 4.90. The van der Waals surface area contributed by atoms with Crippen molar-refractivity contribution in [3.05, 3.63) is 47.3 Å². The van der Waals surface area contributed by atoms with Crippen molar-refractivity contribution in [2.75, 3.05) is 24.8 Å². The molecule has 0 unspecified atom stereocenters. The Labute approximate surface area is 119 Å². The first-order valence-corrected chi connectivity index (χ1v) is 6.56. The lowest BCUT2D eigenvalue weighted by atomic mass is 10.1. The minimum atomic E-state index is 0.397. The van der Waals surface area contributed by atoms with Crippen molar-refractivity contribution in [1.29, 1.82) is 0 Å². The van der Waals surface area contributed by atoms with Crippen LogP contribution in [0, 0.1) is 6.92 Å². The first-order valence-electron chi connectivity index (χ1n) is 6.56. The van der Waals surface area contributed by atoms with Gasteiger partial charge < -0.3 is 15.4 Å². The SMILES string of the molecule is CNc1cc(NCc2ccccc2C)nc(COC)n1. The normalized spacial score (nSPS) is 10.3. The molecule has 1 aromatic heterocycles. The molecular formula is C15H20N4O. The molecule has 0 spiro atoms. The zero-order valence-corrected chi connectivity index (χ0v) is 12.1. The number of methoxy groups -OCH3 is 1. The van der Waals surface area contributed by atoms with Crippen molar-refractivity contribution in [1.82, 2.24) is 9.97 Å². The molecule has 20 heavy (non-hydrogen) atoms. The Morgan fingerprint density at radius 2 is 1.90 bits per heavy atom. The molecule has 2 aromatic rings. The average Bonchev–Trinajstić information content (AvgIpc) is 2.46. The van der Waals surface area contributed by atoms with Crippen LogP contribution in [0.15, 0.2) is 30.3 Å². The second kappa shape index (κ2) is 6.86. The standard InChI is InChI=1S/C15H20N4O/c1-11-6-4-5-7-12(11)9-17-14-8-13(16-2)18-15(19-14)10-20-3/h4-8H,9-10H2,1-3H3,(H2,16,17,18,19). The lowest BCUT2D eigenvalue weighted by Gasteiger charge is -2.11. The van der Waals surface area contributed by atoms with Gasteiger partial charge in [-0.3, -0.25) is 0 Å². The summed E-state index contributed by atoms with van der Waals surface area (Å²) in [6.07, 6.45) is 0. The maximum Gasteiger partial charge on any atom is 0.158 e. The summed E-state index contributed by atoms with van der Waals surface area (Å²) in [4.78, 5) is 8.76. The molecule has 0 aliphatic carbocycles. The lowest BCUT2D eigenvalue weighted by Crippen LogP contribution is -2.08. The summed E-state index contributed by atoms with van der Waals surface area (Å²) >= 11 is 0. The minimum absolute atomic E-state index is 0.397. The summed E-state index contributed by atoms with van der Waals surface area (Å²) in [5.41, 5.74) is 2.52. The Morgan fingerprint density at radius 1 is 1.15 bits per heavy atom. The first kappa shape index (κ1) is 14.3. The highest BCUT2D eigenvalue weighted by Crippen LogP contribution is 2.14. The number of nitrogens with zero attached hydrogens (tertiary/aromatic N) is 2. The van der Waals surface area contributed by atoms with E-state index < -0.39 is 0 Å². The molecule has 0 saturated carbocycles. The number of nitrogens with one attached hydrogen (secondary N) is 2. The molecule has 0 aliphatic rings. The van der Waals surface area contributed by atoms with Crippen LogP contribution in [-0.2, 0) is 17.9 Å². The smallest absolute Gasteiger partial charge is 0.158 e. The maximum atomic E-state index is 5.08. The van der Waals surface area contributed by atoms with Crippen LogP contribution in [0.3, 0.4) is 0 Å². The van der Waals surface area contributed by atoms with Crippen LogP contribution in [0.2, 0.25) is 0 Å². The predicted molar refractivity (Wildman–Crippen MR) is 80.8 cm³/mol. The Morgan fingerprint density at radius 3 is 2.60 bits per heavy atom. The van der Waals surface area contributed by atoms with Gasteiger partial charge >= 0.3 is 0 Å². The van der Waals surface area contributed by atoms with Crippen molar-refractivity contribution < 1.29 is 4.74 Å². The molecule has 0 fully saturated rings. The van der Waals surface area contributed by atoms with Crippen molar-refractivity contribution in [2.24, 2.45) is 0 Å². The van der Waals surface area contributed by atoms with Crippen LogP contribution in [0.4, 0.5) is 11.6 Å². The second-order valence-electron chi connectivity index (χ2n) is 4.52. The molecule has 2 rings (SSSR count). The van der Waals surface area contributed by atoms with E-state index in [0.29, 0.717) is 12.4 Å². The molecule has 0 aliphatic heterocycles. The van der Waals surface area contributed by atoms with Crippen molar-refractivity contribution >= 4 is 11.6 Å². The van der Waals surface area contributed by atoms with Crippen molar-refractivity contribution in [3.63, 3.8) is 0 Å². The summed E-state index contributed by atoms with van der Waals surface area (Å²) in [6, 6.07) is 10.2. The van der Waals surface area contributed by atoms with Crippen molar-refractivity contribution in [3.8, 4) is 0 Å². The number of anilines is 2. The monoisotopic (exact) mass is 272 g/mol. The quantitative estimate of drug-likeness (QED) is 0.846. The number of benzene rings is 1. The summed E-state index contributed by atoms with van der Waals surface area (Å²) < 4.78 is 5.08. The van der Waals surface area contributed by atoms with E-state index >= 15 is 0 Å². The number of ether oxygens (including phenoxy) is 1. The Bertz CT molecular complexity index is 572. The molecule has 0 amide bonds. The zero-order valence-electron chi connectivity index (χ0n) is 12.1. The van der Waals surface area contributed by atoms with E-state index in [4.69, 9.17) is 4.74 Å². The molecule has 1 heterocycles. The highest BCUT2D eigenvalue weighted by molar-refractivity contribution is 5.47. The molecule has 1 aromatic carbocycles. The number of hydrogen-bond donors (Lipinski definition) is 2. The summed E-state index contributed by atoms with van der Waals surface area (Å²) in [5, 5.41) is 6.36. The van der Waals surface area contributed by atoms with E-state index in [9.17, 15) is 0 Å².